The number of hydrogen-bond donors (Lipinski definition) is 1. The highest BCUT2D eigenvalue weighted by Crippen LogP contribution is 2.32. The van der Waals surface area contributed by atoms with E-state index in [0.717, 1.165) is 18.9 Å². The lowest BCUT2D eigenvalue weighted by Gasteiger charge is -2.27. The molecule has 2 nitrogen and oxygen atoms in total. The molecule has 1 aromatic rings. The molecule has 1 aliphatic rings. The summed E-state index contributed by atoms with van der Waals surface area (Å²) in [5, 5.41) is 3.68. The van der Waals surface area contributed by atoms with E-state index in [1.807, 2.05) is 0 Å². The third kappa shape index (κ3) is 4.74. The molecule has 0 aromatic heterocycles. The molecular formula is C19H31NO. The highest BCUT2D eigenvalue weighted by atomic mass is 16.5. The topological polar surface area (TPSA) is 21.3 Å². The van der Waals surface area contributed by atoms with Crippen molar-refractivity contribution in [3.8, 4) is 5.75 Å². The number of ether oxygens (including phenoxy) is 1. The van der Waals surface area contributed by atoms with Gasteiger partial charge in [0, 0.05) is 6.04 Å². The van der Waals surface area contributed by atoms with Crippen molar-refractivity contribution in [2.24, 2.45) is 5.92 Å². The molecule has 0 spiro atoms. The average molecular weight is 289 g/mol. The first-order valence-electron chi connectivity index (χ1n) is 8.73. The fourth-order valence-electron chi connectivity index (χ4n) is 3.21. The molecule has 0 radical (unpaired) electrons. The van der Waals surface area contributed by atoms with Gasteiger partial charge in [0.05, 0.1) is 6.61 Å². The van der Waals surface area contributed by atoms with Crippen molar-refractivity contribution in [3.63, 3.8) is 0 Å². The Labute approximate surface area is 130 Å². The second-order valence-electron chi connectivity index (χ2n) is 6.46. The zero-order chi connectivity index (χ0) is 15.1. The number of fused-ring (bicyclic) bond motifs is 1. The van der Waals surface area contributed by atoms with Gasteiger partial charge in [-0.3, -0.25) is 0 Å². The summed E-state index contributed by atoms with van der Waals surface area (Å²) < 4.78 is 6.01. The Kier molecular flexibility index (Phi) is 6.56. The molecule has 1 N–H and O–H groups in total. The summed E-state index contributed by atoms with van der Waals surface area (Å²) in [6.07, 6.45) is 7.43. The van der Waals surface area contributed by atoms with Gasteiger partial charge in [-0.15, -0.1) is 0 Å². The lowest BCUT2D eigenvalue weighted by Crippen LogP contribution is -2.25. The molecule has 0 amide bonds. The minimum Gasteiger partial charge on any atom is -0.493 e. The third-order valence-electron chi connectivity index (χ3n) is 4.39. The molecule has 0 bridgehead atoms. The van der Waals surface area contributed by atoms with E-state index in [0.29, 0.717) is 12.0 Å². The Morgan fingerprint density at radius 1 is 1.29 bits per heavy atom. The zero-order valence-corrected chi connectivity index (χ0v) is 14.0. The molecule has 1 aliphatic carbocycles. The highest BCUT2D eigenvalue weighted by molar-refractivity contribution is 5.39. The van der Waals surface area contributed by atoms with Crippen molar-refractivity contribution >= 4 is 0 Å². The molecule has 1 aromatic carbocycles. The molecule has 0 heterocycles. The summed E-state index contributed by atoms with van der Waals surface area (Å²) >= 11 is 0. The summed E-state index contributed by atoms with van der Waals surface area (Å²) in [4.78, 5) is 0. The van der Waals surface area contributed by atoms with Crippen LogP contribution in [0, 0.1) is 5.92 Å². The van der Waals surface area contributed by atoms with Gasteiger partial charge in [-0.1, -0.05) is 33.3 Å². The first kappa shape index (κ1) is 16.4. The maximum absolute atomic E-state index is 6.01. The lowest BCUT2D eigenvalue weighted by atomic mass is 9.87. The van der Waals surface area contributed by atoms with Gasteiger partial charge in [-0.25, -0.2) is 0 Å². The zero-order valence-electron chi connectivity index (χ0n) is 14.0. The second-order valence-corrected chi connectivity index (χ2v) is 6.46. The number of hydrogen-bond acceptors (Lipinski definition) is 2. The lowest BCUT2D eigenvalue weighted by molar-refractivity contribution is 0.251. The Hall–Kier alpha value is -1.02. The predicted molar refractivity (Wildman–Crippen MR) is 90.0 cm³/mol. The van der Waals surface area contributed by atoms with Crippen LogP contribution in [0.15, 0.2) is 18.2 Å². The van der Waals surface area contributed by atoms with Crippen molar-refractivity contribution in [1.29, 1.82) is 0 Å². The molecular weight excluding hydrogens is 258 g/mol. The predicted octanol–water partition coefficient (Wildman–Crippen LogP) is 4.88. The Bertz CT molecular complexity index is 430. The van der Waals surface area contributed by atoms with Crippen LogP contribution in [0.1, 0.15) is 70.0 Å². The quantitative estimate of drug-likeness (QED) is 0.736. The Balaban J connectivity index is 2.01. The van der Waals surface area contributed by atoms with E-state index >= 15 is 0 Å². The molecule has 2 atom stereocenters. The fraction of sp³-hybridized carbons (Fsp3) is 0.684. The van der Waals surface area contributed by atoms with Crippen LogP contribution in [0.5, 0.6) is 5.75 Å². The van der Waals surface area contributed by atoms with E-state index in [1.165, 1.54) is 49.7 Å². The van der Waals surface area contributed by atoms with E-state index in [1.54, 1.807) is 0 Å². The van der Waals surface area contributed by atoms with Gasteiger partial charge >= 0.3 is 0 Å². The first-order chi connectivity index (χ1) is 10.2. The average Bonchev–Trinajstić information content (AvgIpc) is 2.51. The van der Waals surface area contributed by atoms with Crippen molar-refractivity contribution in [2.45, 2.75) is 65.3 Å². The Morgan fingerprint density at radius 3 is 2.90 bits per heavy atom. The minimum absolute atomic E-state index is 0.519. The summed E-state index contributed by atoms with van der Waals surface area (Å²) in [6.45, 7) is 8.67. The molecule has 118 valence electrons. The van der Waals surface area contributed by atoms with Gasteiger partial charge in [0.15, 0.2) is 0 Å². The third-order valence-corrected chi connectivity index (χ3v) is 4.39. The Morgan fingerprint density at radius 2 is 2.14 bits per heavy atom. The molecule has 2 rings (SSSR count). The summed E-state index contributed by atoms with van der Waals surface area (Å²) in [5.41, 5.74) is 2.97. The number of aryl methyl sites for hydroxylation is 1. The summed E-state index contributed by atoms with van der Waals surface area (Å²) in [6, 6.07) is 7.22. The summed E-state index contributed by atoms with van der Waals surface area (Å²) in [7, 11) is 0. The van der Waals surface area contributed by atoms with Gasteiger partial charge < -0.3 is 10.1 Å². The van der Waals surface area contributed by atoms with Crippen molar-refractivity contribution in [3.05, 3.63) is 29.3 Å². The van der Waals surface area contributed by atoms with Crippen LogP contribution in [0.2, 0.25) is 0 Å². The maximum atomic E-state index is 6.01. The van der Waals surface area contributed by atoms with Crippen molar-refractivity contribution in [1.82, 2.24) is 5.32 Å². The van der Waals surface area contributed by atoms with E-state index in [2.05, 4.69) is 44.3 Å². The van der Waals surface area contributed by atoms with Crippen molar-refractivity contribution in [2.75, 3.05) is 13.2 Å². The number of rotatable bonds is 8. The molecule has 0 saturated carbocycles. The molecule has 2 heteroatoms. The molecule has 21 heavy (non-hydrogen) atoms. The summed E-state index contributed by atoms with van der Waals surface area (Å²) in [5.74, 6) is 1.68. The van der Waals surface area contributed by atoms with E-state index in [4.69, 9.17) is 4.74 Å². The minimum atomic E-state index is 0.519. The highest BCUT2D eigenvalue weighted by Gasteiger charge is 2.20. The monoisotopic (exact) mass is 289 g/mol. The van der Waals surface area contributed by atoms with Gasteiger partial charge in [-0.2, -0.15) is 0 Å². The van der Waals surface area contributed by atoms with Crippen LogP contribution in [0.25, 0.3) is 0 Å². The van der Waals surface area contributed by atoms with Gasteiger partial charge in [0.1, 0.15) is 5.75 Å². The van der Waals surface area contributed by atoms with Crippen molar-refractivity contribution < 1.29 is 4.74 Å². The van der Waals surface area contributed by atoms with Gasteiger partial charge in [0.2, 0.25) is 0 Å². The van der Waals surface area contributed by atoms with Gasteiger partial charge in [0.25, 0.3) is 0 Å². The van der Waals surface area contributed by atoms with Gasteiger partial charge in [-0.05, 0) is 67.8 Å². The first-order valence-corrected chi connectivity index (χ1v) is 8.73. The van der Waals surface area contributed by atoms with Crippen LogP contribution >= 0.6 is 0 Å². The number of benzene rings is 1. The maximum Gasteiger partial charge on any atom is 0.119 e. The van der Waals surface area contributed by atoms with Crippen LogP contribution in [-0.4, -0.2) is 13.2 Å². The second kappa shape index (κ2) is 8.43. The SMILES string of the molecule is CCCNC1CCCc2ccc(OCC(C)CCC)cc21. The fourth-order valence-corrected chi connectivity index (χ4v) is 3.21. The van der Waals surface area contributed by atoms with Crippen LogP contribution < -0.4 is 10.1 Å². The molecule has 0 saturated heterocycles. The van der Waals surface area contributed by atoms with Crippen LogP contribution in [0.3, 0.4) is 0 Å². The normalized spacial score (nSPS) is 19.1. The van der Waals surface area contributed by atoms with E-state index < -0.39 is 0 Å². The molecule has 0 fully saturated rings. The molecule has 0 aliphatic heterocycles. The van der Waals surface area contributed by atoms with E-state index in [9.17, 15) is 0 Å². The molecule has 2 unspecified atom stereocenters. The largest absolute Gasteiger partial charge is 0.493 e. The standard InChI is InChI=1S/C19H31NO/c1-4-7-15(3)14-21-17-11-10-16-8-6-9-19(18(16)13-17)20-12-5-2/h10-11,13,15,19-20H,4-9,12,14H2,1-3H3. The van der Waals surface area contributed by atoms with E-state index in [-0.39, 0.29) is 0 Å². The smallest absolute Gasteiger partial charge is 0.119 e. The number of nitrogens with one attached hydrogen (secondary N) is 1. The van der Waals surface area contributed by atoms with Crippen LogP contribution in [-0.2, 0) is 6.42 Å². The van der Waals surface area contributed by atoms with Crippen LogP contribution in [0.4, 0.5) is 0 Å².